The van der Waals surface area contributed by atoms with Crippen LogP contribution in [0.5, 0.6) is 5.75 Å². The number of fused-ring (bicyclic) bond motifs is 1. The van der Waals surface area contributed by atoms with Gasteiger partial charge in [-0.1, -0.05) is 18.2 Å². The lowest BCUT2D eigenvalue weighted by Gasteiger charge is -2.34. The summed E-state index contributed by atoms with van der Waals surface area (Å²) in [7, 11) is 0. The van der Waals surface area contributed by atoms with Gasteiger partial charge in [-0.2, -0.15) is 0 Å². The van der Waals surface area contributed by atoms with E-state index in [1.165, 1.54) is 0 Å². The molecule has 1 amide bonds. The lowest BCUT2D eigenvalue weighted by molar-refractivity contribution is -0.124. The monoisotopic (exact) mass is 218 g/mol. The lowest BCUT2D eigenvalue weighted by Crippen LogP contribution is -2.47. The highest BCUT2D eigenvalue weighted by Crippen LogP contribution is 2.32. The summed E-state index contributed by atoms with van der Waals surface area (Å²) >= 11 is 0. The van der Waals surface area contributed by atoms with Crippen LogP contribution in [0.3, 0.4) is 0 Å². The molecule has 0 aromatic heterocycles. The van der Waals surface area contributed by atoms with Crippen LogP contribution in [0.1, 0.15) is 0 Å². The van der Waals surface area contributed by atoms with E-state index in [0.29, 0.717) is 18.8 Å². The molecule has 84 valence electrons. The standard InChI is InChI=1S/C12H14N2O2/c1-2-7-14-8-11(12(13)15)16-10-6-4-3-5-9(10)14/h2-6,11H,1,7-8H2,(H2,13,15)/t11-/m1/s1. The molecular weight excluding hydrogens is 204 g/mol. The van der Waals surface area contributed by atoms with Gasteiger partial charge in [0.25, 0.3) is 5.91 Å². The fourth-order valence-corrected chi connectivity index (χ4v) is 1.78. The number of nitrogens with two attached hydrogens (primary N) is 1. The molecule has 1 aromatic carbocycles. The number of anilines is 1. The highest BCUT2D eigenvalue weighted by molar-refractivity contribution is 5.81. The number of benzene rings is 1. The van der Waals surface area contributed by atoms with E-state index in [1.807, 2.05) is 29.2 Å². The Bertz CT molecular complexity index is 417. The fourth-order valence-electron chi connectivity index (χ4n) is 1.78. The number of nitrogens with zero attached hydrogens (tertiary/aromatic N) is 1. The van der Waals surface area contributed by atoms with E-state index >= 15 is 0 Å². The number of rotatable bonds is 3. The molecule has 4 heteroatoms. The molecule has 0 radical (unpaired) electrons. The van der Waals surface area contributed by atoms with Gasteiger partial charge in [-0.25, -0.2) is 0 Å². The molecule has 0 unspecified atom stereocenters. The number of amides is 1. The van der Waals surface area contributed by atoms with Crippen molar-refractivity contribution in [3.8, 4) is 5.75 Å². The van der Waals surface area contributed by atoms with Crippen molar-refractivity contribution in [3.05, 3.63) is 36.9 Å². The van der Waals surface area contributed by atoms with Crippen molar-refractivity contribution in [3.63, 3.8) is 0 Å². The molecule has 1 heterocycles. The van der Waals surface area contributed by atoms with Crippen LogP contribution in [0.2, 0.25) is 0 Å². The summed E-state index contributed by atoms with van der Waals surface area (Å²) in [5.41, 5.74) is 6.24. The first-order chi connectivity index (χ1) is 7.72. The highest BCUT2D eigenvalue weighted by atomic mass is 16.5. The topological polar surface area (TPSA) is 55.6 Å². The summed E-state index contributed by atoms with van der Waals surface area (Å²) < 4.78 is 5.52. The van der Waals surface area contributed by atoms with Crippen LogP contribution in [0.25, 0.3) is 0 Å². The van der Waals surface area contributed by atoms with Crippen LogP contribution >= 0.6 is 0 Å². The first-order valence-corrected chi connectivity index (χ1v) is 5.13. The van der Waals surface area contributed by atoms with Gasteiger partial charge in [0.1, 0.15) is 5.75 Å². The molecule has 0 spiro atoms. The molecular formula is C12H14N2O2. The number of para-hydroxylation sites is 2. The number of ether oxygens (including phenoxy) is 1. The Kier molecular flexibility index (Phi) is 2.81. The summed E-state index contributed by atoms with van der Waals surface area (Å²) in [6.07, 6.45) is 1.20. The average Bonchev–Trinajstić information content (AvgIpc) is 2.29. The molecule has 0 aliphatic carbocycles. The molecule has 1 atom stereocenters. The molecule has 1 aliphatic heterocycles. The van der Waals surface area contributed by atoms with Crippen molar-refractivity contribution in [2.75, 3.05) is 18.0 Å². The van der Waals surface area contributed by atoms with Crippen LogP contribution < -0.4 is 15.4 Å². The minimum Gasteiger partial charge on any atom is -0.477 e. The Morgan fingerprint density at radius 3 is 3.06 bits per heavy atom. The molecule has 4 nitrogen and oxygen atoms in total. The van der Waals surface area contributed by atoms with Crippen molar-refractivity contribution < 1.29 is 9.53 Å². The van der Waals surface area contributed by atoms with Crippen molar-refractivity contribution >= 4 is 11.6 Å². The van der Waals surface area contributed by atoms with E-state index < -0.39 is 12.0 Å². The number of hydrogen-bond donors (Lipinski definition) is 1. The Balaban J connectivity index is 2.33. The van der Waals surface area contributed by atoms with Crippen LogP contribution in [-0.4, -0.2) is 25.1 Å². The number of primary amides is 1. The molecule has 0 saturated carbocycles. The molecule has 2 N–H and O–H groups in total. The van der Waals surface area contributed by atoms with E-state index in [2.05, 4.69) is 6.58 Å². The van der Waals surface area contributed by atoms with Crippen LogP contribution in [0, 0.1) is 0 Å². The first kappa shape index (κ1) is 10.5. The largest absolute Gasteiger partial charge is 0.477 e. The van der Waals surface area contributed by atoms with Gasteiger partial charge < -0.3 is 15.4 Å². The molecule has 2 rings (SSSR count). The minimum absolute atomic E-state index is 0.441. The van der Waals surface area contributed by atoms with Gasteiger partial charge in [-0.05, 0) is 12.1 Å². The zero-order valence-corrected chi connectivity index (χ0v) is 8.93. The van der Waals surface area contributed by atoms with E-state index in [1.54, 1.807) is 6.08 Å². The predicted octanol–water partition coefficient (Wildman–Crippen LogP) is 0.925. The Morgan fingerprint density at radius 1 is 1.62 bits per heavy atom. The quantitative estimate of drug-likeness (QED) is 0.768. The van der Waals surface area contributed by atoms with Crippen molar-refractivity contribution in [2.24, 2.45) is 5.73 Å². The van der Waals surface area contributed by atoms with Crippen molar-refractivity contribution in [2.45, 2.75) is 6.10 Å². The maximum absolute atomic E-state index is 11.2. The van der Waals surface area contributed by atoms with E-state index in [4.69, 9.17) is 10.5 Å². The Labute approximate surface area is 94.3 Å². The van der Waals surface area contributed by atoms with E-state index in [9.17, 15) is 4.79 Å². The maximum Gasteiger partial charge on any atom is 0.260 e. The predicted molar refractivity (Wildman–Crippen MR) is 62.5 cm³/mol. The van der Waals surface area contributed by atoms with Crippen molar-refractivity contribution in [1.29, 1.82) is 0 Å². The zero-order valence-electron chi connectivity index (χ0n) is 8.93. The van der Waals surface area contributed by atoms with Gasteiger partial charge in [-0.3, -0.25) is 4.79 Å². The second kappa shape index (κ2) is 4.26. The fraction of sp³-hybridized carbons (Fsp3) is 0.250. The highest BCUT2D eigenvalue weighted by Gasteiger charge is 2.28. The number of carbonyl (C=O) groups excluding carboxylic acids is 1. The average molecular weight is 218 g/mol. The van der Waals surface area contributed by atoms with Gasteiger partial charge in [0.2, 0.25) is 0 Å². The number of carbonyl (C=O) groups is 1. The number of hydrogen-bond acceptors (Lipinski definition) is 3. The summed E-state index contributed by atoms with van der Waals surface area (Å²) in [6.45, 7) is 4.84. The SMILES string of the molecule is C=CCN1C[C@H](C(N)=O)Oc2ccccc21. The van der Waals surface area contributed by atoms with E-state index in [-0.39, 0.29) is 0 Å². The normalized spacial score (nSPS) is 18.5. The molecule has 1 aliphatic rings. The van der Waals surface area contributed by atoms with Gasteiger partial charge in [0.05, 0.1) is 12.2 Å². The van der Waals surface area contributed by atoms with Crippen LogP contribution in [0.4, 0.5) is 5.69 Å². The molecule has 0 fully saturated rings. The van der Waals surface area contributed by atoms with Gasteiger partial charge in [-0.15, -0.1) is 6.58 Å². The third-order valence-corrected chi connectivity index (χ3v) is 2.53. The van der Waals surface area contributed by atoms with Crippen LogP contribution in [-0.2, 0) is 4.79 Å². The molecule has 16 heavy (non-hydrogen) atoms. The molecule has 0 bridgehead atoms. The van der Waals surface area contributed by atoms with Gasteiger partial charge >= 0.3 is 0 Å². The maximum atomic E-state index is 11.2. The minimum atomic E-state index is -0.588. The van der Waals surface area contributed by atoms with Gasteiger partial charge in [0.15, 0.2) is 6.10 Å². The smallest absolute Gasteiger partial charge is 0.260 e. The summed E-state index contributed by atoms with van der Waals surface area (Å²) in [5.74, 6) is 0.253. The van der Waals surface area contributed by atoms with Gasteiger partial charge in [0, 0.05) is 6.54 Å². The third-order valence-electron chi connectivity index (χ3n) is 2.53. The lowest BCUT2D eigenvalue weighted by atomic mass is 10.2. The first-order valence-electron chi connectivity index (χ1n) is 5.13. The van der Waals surface area contributed by atoms with E-state index in [0.717, 1.165) is 5.69 Å². The molecule has 0 saturated heterocycles. The second-order valence-corrected chi connectivity index (χ2v) is 3.67. The summed E-state index contributed by atoms with van der Waals surface area (Å²) in [6, 6.07) is 7.59. The van der Waals surface area contributed by atoms with Crippen LogP contribution in [0.15, 0.2) is 36.9 Å². The van der Waals surface area contributed by atoms with Crippen molar-refractivity contribution in [1.82, 2.24) is 0 Å². The summed E-state index contributed by atoms with van der Waals surface area (Å²) in [4.78, 5) is 13.2. The Hall–Kier alpha value is -1.97. The zero-order chi connectivity index (χ0) is 11.5. The summed E-state index contributed by atoms with van der Waals surface area (Å²) in [5, 5.41) is 0. The third kappa shape index (κ3) is 1.86. The second-order valence-electron chi connectivity index (χ2n) is 3.67. The molecule has 1 aromatic rings. The Morgan fingerprint density at radius 2 is 2.38 bits per heavy atom.